The molecular formula is C21H26F3N5O8. The first kappa shape index (κ1) is 27.9. The zero-order chi connectivity index (χ0) is 27.7. The third kappa shape index (κ3) is 6.00. The molecular weight excluding hydrogens is 507 g/mol. The molecule has 2 aromatic rings. The van der Waals surface area contributed by atoms with Gasteiger partial charge in [-0.05, 0) is 6.42 Å². The molecule has 1 saturated heterocycles. The molecule has 1 amide bonds. The lowest BCUT2D eigenvalue weighted by Crippen LogP contribution is -2.43. The van der Waals surface area contributed by atoms with E-state index in [0.29, 0.717) is 12.8 Å². The molecule has 0 spiro atoms. The molecule has 204 valence electrons. The van der Waals surface area contributed by atoms with Crippen molar-refractivity contribution in [3.8, 4) is 0 Å². The summed E-state index contributed by atoms with van der Waals surface area (Å²) in [5.74, 6) is -3.01. The number of esters is 2. The molecule has 1 aliphatic rings. The fraction of sp³-hybridized carbons (Fsp3) is 0.619. The molecule has 0 unspecified atom stereocenters. The molecule has 16 heteroatoms. The molecule has 0 bridgehead atoms. The number of anilines is 1. The standard InChI is InChI=1S/C21H26F3N5O8/c1-5-6-7-28-14-16(26-19(25-9(2)30)27-17(14)33)29(20(28)34)18-13(35-10(3)31)8-12(37-18)15(21(22,23)24)36-11(4)32/h12-13,15,18H,5-8H2,1-4H3,(H2,25,26,27,30,33)/t12-,13+,15-,18+/m0/s1. The number of aryl methyl sites for hydroxylation is 1. The van der Waals surface area contributed by atoms with Crippen LogP contribution in [0.2, 0.25) is 0 Å². The number of alkyl halides is 3. The number of amides is 1. The van der Waals surface area contributed by atoms with E-state index in [0.717, 1.165) is 29.9 Å². The molecule has 0 radical (unpaired) electrons. The van der Waals surface area contributed by atoms with Gasteiger partial charge in [0.15, 0.2) is 17.4 Å². The molecule has 37 heavy (non-hydrogen) atoms. The Morgan fingerprint density at radius 2 is 1.89 bits per heavy atom. The number of unbranched alkanes of at least 4 members (excludes halogenated alkanes) is 1. The van der Waals surface area contributed by atoms with Crippen molar-refractivity contribution < 1.29 is 41.8 Å². The van der Waals surface area contributed by atoms with Gasteiger partial charge in [-0.3, -0.25) is 34.0 Å². The van der Waals surface area contributed by atoms with Gasteiger partial charge < -0.3 is 14.2 Å². The summed E-state index contributed by atoms with van der Waals surface area (Å²) >= 11 is 0. The number of fused-ring (bicyclic) bond motifs is 1. The predicted octanol–water partition coefficient (Wildman–Crippen LogP) is 1.36. The summed E-state index contributed by atoms with van der Waals surface area (Å²) in [6, 6.07) is 0. The van der Waals surface area contributed by atoms with Crippen molar-refractivity contribution in [2.24, 2.45) is 0 Å². The van der Waals surface area contributed by atoms with Crippen LogP contribution in [0, 0.1) is 0 Å². The second-order valence-electron chi connectivity index (χ2n) is 8.45. The summed E-state index contributed by atoms with van der Waals surface area (Å²) in [7, 11) is 0. The minimum absolute atomic E-state index is 0.0656. The lowest BCUT2D eigenvalue weighted by atomic mass is 10.1. The van der Waals surface area contributed by atoms with Crippen LogP contribution in [0.25, 0.3) is 11.2 Å². The van der Waals surface area contributed by atoms with E-state index in [4.69, 9.17) is 9.47 Å². The summed E-state index contributed by atoms with van der Waals surface area (Å²) < 4.78 is 58.2. The minimum atomic E-state index is -5.04. The van der Waals surface area contributed by atoms with Gasteiger partial charge in [-0.1, -0.05) is 13.3 Å². The van der Waals surface area contributed by atoms with Crippen molar-refractivity contribution in [1.82, 2.24) is 19.1 Å². The Morgan fingerprint density at radius 1 is 1.22 bits per heavy atom. The third-order valence-corrected chi connectivity index (χ3v) is 5.46. The Kier molecular flexibility index (Phi) is 8.09. The highest BCUT2D eigenvalue weighted by molar-refractivity contribution is 5.87. The Labute approximate surface area is 206 Å². The molecule has 13 nitrogen and oxygen atoms in total. The number of aromatic amines is 1. The van der Waals surface area contributed by atoms with Crippen molar-refractivity contribution in [3.63, 3.8) is 0 Å². The normalized spacial score (nSPS) is 20.6. The number of ether oxygens (including phenoxy) is 3. The van der Waals surface area contributed by atoms with Gasteiger partial charge in [0.25, 0.3) is 5.56 Å². The largest absolute Gasteiger partial charge is 0.458 e. The quantitative estimate of drug-likeness (QED) is 0.477. The number of rotatable bonds is 8. The van der Waals surface area contributed by atoms with Crippen LogP contribution in [0.1, 0.15) is 53.2 Å². The number of carbonyl (C=O) groups is 3. The molecule has 0 aliphatic carbocycles. The number of nitrogens with zero attached hydrogens (tertiary/aromatic N) is 3. The summed E-state index contributed by atoms with van der Waals surface area (Å²) in [6.07, 6.45) is -12.2. The van der Waals surface area contributed by atoms with Crippen LogP contribution in [0.4, 0.5) is 19.1 Å². The van der Waals surface area contributed by atoms with Gasteiger partial charge in [0.2, 0.25) is 18.0 Å². The smallest absolute Gasteiger partial charge is 0.428 e. The van der Waals surface area contributed by atoms with E-state index in [2.05, 4.69) is 20.0 Å². The van der Waals surface area contributed by atoms with Crippen LogP contribution in [-0.2, 0) is 35.1 Å². The van der Waals surface area contributed by atoms with E-state index in [1.165, 1.54) is 0 Å². The first-order valence-corrected chi connectivity index (χ1v) is 11.3. The first-order chi connectivity index (χ1) is 17.2. The number of aromatic nitrogens is 4. The molecule has 1 aliphatic heterocycles. The van der Waals surface area contributed by atoms with Crippen molar-refractivity contribution in [2.45, 2.75) is 84.2 Å². The second-order valence-corrected chi connectivity index (χ2v) is 8.45. The summed E-state index contributed by atoms with van der Waals surface area (Å²) in [4.78, 5) is 67.4. The van der Waals surface area contributed by atoms with E-state index in [9.17, 15) is 37.1 Å². The van der Waals surface area contributed by atoms with Gasteiger partial charge in [-0.25, -0.2) is 9.36 Å². The number of halogens is 3. The summed E-state index contributed by atoms with van der Waals surface area (Å²) in [6.45, 7) is 4.87. The summed E-state index contributed by atoms with van der Waals surface area (Å²) in [5.41, 5.74) is -2.19. The maximum Gasteiger partial charge on any atom is 0.428 e. The molecule has 0 aromatic carbocycles. The zero-order valence-electron chi connectivity index (χ0n) is 20.4. The van der Waals surface area contributed by atoms with E-state index in [1.54, 1.807) is 0 Å². The topological polar surface area (TPSA) is 164 Å². The number of nitrogens with one attached hydrogen (secondary N) is 2. The number of carbonyl (C=O) groups excluding carboxylic acids is 3. The Hall–Kier alpha value is -3.69. The highest BCUT2D eigenvalue weighted by Gasteiger charge is 2.54. The molecule has 0 saturated carbocycles. The van der Waals surface area contributed by atoms with Crippen LogP contribution in [0.5, 0.6) is 0 Å². The van der Waals surface area contributed by atoms with Gasteiger partial charge in [0.05, 0.1) is 0 Å². The molecule has 2 aromatic heterocycles. The van der Waals surface area contributed by atoms with Crippen LogP contribution in [0.15, 0.2) is 9.59 Å². The van der Waals surface area contributed by atoms with Crippen LogP contribution in [0.3, 0.4) is 0 Å². The Bertz CT molecular complexity index is 1310. The van der Waals surface area contributed by atoms with Gasteiger partial charge in [0.1, 0.15) is 12.2 Å². The summed E-state index contributed by atoms with van der Waals surface area (Å²) in [5, 5.41) is 2.28. The molecule has 3 heterocycles. The second kappa shape index (κ2) is 10.7. The maximum atomic E-state index is 13.7. The van der Waals surface area contributed by atoms with Crippen LogP contribution >= 0.6 is 0 Å². The van der Waals surface area contributed by atoms with Gasteiger partial charge >= 0.3 is 23.8 Å². The van der Waals surface area contributed by atoms with Gasteiger partial charge in [0, 0.05) is 33.7 Å². The minimum Gasteiger partial charge on any atom is -0.458 e. The highest BCUT2D eigenvalue weighted by atomic mass is 19.4. The number of hydrogen-bond donors (Lipinski definition) is 2. The lowest BCUT2D eigenvalue weighted by Gasteiger charge is -2.25. The molecule has 4 atom stereocenters. The van der Waals surface area contributed by atoms with Crippen molar-refractivity contribution >= 4 is 35.0 Å². The third-order valence-electron chi connectivity index (χ3n) is 5.46. The molecule has 3 rings (SSSR count). The van der Waals surface area contributed by atoms with Crippen LogP contribution in [-0.4, -0.2) is 61.4 Å². The van der Waals surface area contributed by atoms with Gasteiger partial charge in [-0.2, -0.15) is 18.2 Å². The van der Waals surface area contributed by atoms with E-state index < -0.39 is 66.2 Å². The van der Waals surface area contributed by atoms with Gasteiger partial charge in [-0.15, -0.1) is 0 Å². The SMILES string of the molecule is CCCCn1c(=O)n([C@@H]2O[C@H]([C@H](OC(C)=O)C(F)(F)F)C[C@H]2OC(C)=O)c2nc(NC(C)=O)[nH]c(=O)c21. The fourth-order valence-electron chi connectivity index (χ4n) is 4.10. The first-order valence-electron chi connectivity index (χ1n) is 11.3. The lowest BCUT2D eigenvalue weighted by molar-refractivity contribution is -0.248. The average Bonchev–Trinajstić information content (AvgIpc) is 3.26. The van der Waals surface area contributed by atoms with E-state index in [-0.39, 0.29) is 23.7 Å². The van der Waals surface area contributed by atoms with Crippen LogP contribution < -0.4 is 16.6 Å². The Balaban J connectivity index is 2.22. The highest BCUT2D eigenvalue weighted by Crippen LogP contribution is 2.39. The van der Waals surface area contributed by atoms with E-state index in [1.807, 2.05) is 6.92 Å². The van der Waals surface area contributed by atoms with Crippen molar-refractivity contribution in [1.29, 1.82) is 0 Å². The predicted molar refractivity (Wildman–Crippen MR) is 120 cm³/mol. The maximum absolute atomic E-state index is 13.7. The Morgan fingerprint density at radius 3 is 2.43 bits per heavy atom. The van der Waals surface area contributed by atoms with Crippen molar-refractivity contribution in [2.75, 3.05) is 5.32 Å². The monoisotopic (exact) mass is 533 g/mol. The van der Waals surface area contributed by atoms with E-state index >= 15 is 0 Å². The molecule has 2 N–H and O–H groups in total. The van der Waals surface area contributed by atoms with Crippen molar-refractivity contribution in [3.05, 3.63) is 20.8 Å². The number of imidazole rings is 1. The number of H-pyrrole nitrogens is 1. The average molecular weight is 533 g/mol. The zero-order valence-corrected chi connectivity index (χ0v) is 20.4. The number of hydrogen-bond acceptors (Lipinski definition) is 9. The molecule has 1 fully saturated rings. The fourth-order valence-corrected chi connectivity index (χ4v) is 4.10.